The van der Waals surface area contributed by atoms with Crippen molar-refractivity contribution in [2.75, 3.05) is 6.61 Å². The first-order chi connectivity index (χ1) is 12.7. The summed E-state index contributed by atoms with van der Waals surface area (Å²) in [4.78, 5) is 11.9. The Kier molecular flexibility index (Phi) is 17.8. The number of hydrogen-bond donors (Lipinski definition) is 3. The molecule has 0 aromatic heterocycles. The van der Waals surface area contributed by atoms with E-state index in [4.69, 9.17) is 0 Å². The summed E-state index contributed by atoms with van der Waals surface area (Å²) in [6.45, 7) is 4.11. The molecule has 26 heavy (non-hydrogen) atoms. The molecule has 0 aromatic rings. The van der Waals surface area contributed by atoms with Crippen LogP contribution in [0.1, 0.15) is 90.9 Å². The Morgan fingerprint density at radius 3 is 2.19 bits per heavy atom. The number of allylic oxidation sites excluding steroid dienone is 3. The van der Waals surface area contributed by atoms with Crippen molar-refractivity contribution in [2.45, 2.75) is 103 Å². The fourth-order valence-corrected chi connectivity index (χ4v) is 2.72. The zero-order chi connectivity index (χ0) is 19.5. The molecular weight excluding hydrogens is 326 g/mol. The molecule has 2 atom stereocenters. The second-order valence-corrected chi connectivity index (χ2v) is 6.98. The molecule has 0 radical (unpaired) electrons. The monoisotopic (exact) mass is 367 g/mol. The topological polar surface area (TPSA) is 69.6 Å². The Bertz CT molecular complexity index is 380. The van der Waals surface area contributed by atoms with Gasteiger partial charge in [-0.2, -0.15) is 0 Å². The molecule has 2 unspecified atom stereocenters. The number of aliphatic hydroxyl groups is 2. The minimum absolute atomic E-state index is 0.0944. The Morgan fingerprint density at radius 2 is 1.50 bits per heavy atom. The summed E-state index contributed by atoms with van der Waals surface area (Å²) in [5, 5.41) is 22.3. The van der Waals surface area contributed by atoms with E-state index < -0.39 is 12.1 Å². The minimum atomic E-state index is -0.849. The zero-order valence-electron chi connectivity index (χ0n) is 17.0. The van der Waals surface area contributed by atoms with Crippen molar-refractivity contribution in [3.63, 3.8) is 0 Å². The van der Waals surface area contributed by atoms with Gasteiger partial charge in [0.05, 0.1) is 18.8 Å². The molecule has 0 saturated carbocycles. The Balaban J connectivity index is 3.93. The Morgan fingerprint density at radius 1 is 0.885 bits per heavy atom. The third-order valence-corrected chi connectivity index (χ3v) is 4.44. The minimum Gasteiger partial charge on any atom is -0.394 e. The average Bonchev–Trinajstić information content (AvgIpc) is 2.64. The van der Waals surface area contributed by atoms with Crippen LogP contribution in [0.25, 0.3) is 0 Å². The molecule has 0 heterocycles. The SMILES string of the molecule is CCCCC/C=C/CC/C=C/C(O)C(CO)NC(=O)CCCCCCC. The van der Waals surface area contributed by atoms with Crippen molar-refractivity contribution in [2.24, 2.45) is 0 Å². The first-order valence-electron chi connectivity index (χ1n) is 10.6. The summed E-state index contributed by atoms with van der Waals surface area (Å²) in [7, 11) is 0. The molecule has 152 valence electrons. The van der Waals surface area contributed by atoms with Crippen LogP contribution in [0, 0.1) is 0 Å². The number of nitrogens with one attached hydrogen (secondary N) is 1. The molecule has 4 heteroatoms. The maximum Gasteiger partial charge on any atom is 0.220 e. The van der Waals surface area contributed by atoms with Gasteiger partial charge >= 0.3 is 0 Å². The summed E-state index contributed by atoms with van der Waals surface area (Å²) in [5.41, 5.74) is 0. The lowest BCUT2D eigenvalue weighted by Gasteiger charge is -2.19. The smallest absolute Gasteiger partial charge is 0.220 e. The molecule has 0 aromatic carbocycles. The standard InChI is InChI=1S/C22H41NO3/c1-3-5-7-9-10-11-12-14-15-17-21(25)20(19-24)23-22(26)18-16-13-8-6-4-2/h10-11,15,17,20-21,24-25H,3-9,12-14,16,18-19H2,1-2H3,(H,23,26)/b11-10+,17-15+. The number of aliphatic hydroxyl groups excluding tert-OH is 2. The molecule has 0 bridgehead atoms. The van der Waals surface area contributed by atoms with Crippen LogP contribution in [0.2, 0.25) is 0 Å². The van der Waals surface area contributed by atoms with E-state index in [0.717, 1.165) is 38.5 Å². The lowest BCUT2D eigenvalue weighted by Crippen LogP contribution is -2.45. The van der Waals surface area contributed by atoms with Gasteiger partial charge in [-0.1, -0.05) is 76.7 Å². The van der Waals surface area contributed by atoms with E-state index in [9.17, 15) is 15.0 Å². The van der Waals surface area contributed by atoms with Crippen LogP contribution in [0.15, 0.2) is 24.3 Å². The number of rotatable bonds is 17. The third-order valence-electron chi connectivity index (χ3n) is 4.44. The van der Waals surface area contributed by atoms with Gasteiger partial charge in [0.1, 0.15) is 0 Å². The van der Waals surface area contributed by atoms with Gasteiger partial charge in [-0.3, -0.25) is 4.79 Å². The summed E-state index contributed by atoms with van der Waals surface area (Å²) < 4.78 is 0. The maximum atomic E-state index is 11.9. The van der Waals surface area contributed by atoms with Crippen LogP contribution in [0.3, 0.4) is 0 Å². The average molecular weight is 368 g/mol. The van der Waals surface area contributed by atoms with Crippen molar-refractivity contribution < 1.29 is 15.0 Å². The number of unbranched alkanes of at least 4 members (excludes halogenated alkanes) is 8. The predicted molar refractivity (Wildman–Crippen MR) is 110 cm³/mol. The van der Waals surface area contributed by atoms with E-state index in [2.05, 4.69) is 31.3 Å². The fourth-order valence-electron chi connectivity index (χ4n) is 2.72. The molecule has 4 nitrogen and oxygen atoms in total. The van der Waals surface area contributed by atoms with E-state index in [-0.39, 0.29) is 12.5 Å². The fraction of sp³-hybridized carbons (Fsp3) is 0.773. The third kappa shape index (κ3) is 15.2. The summed E-state index contributed by atoms with van der Waals surface area (Å²) in [6, 6.07) is -0.626. The van der Waals surface area contributed by atoms with Crippen LogP contribution in [0.5, 0.6) is 0 Å². The van der Waals surface area contributed by atoms with Crippen molar-refractivity contribution in [1.82, 2.24) is 5.32 Å². The summed E-state index contributed by atoms with van der Waals surface area (Å²) in [5.74, 6) is -0.0944. The highest BCUT2D eigenvalue weighted by molar-refractivity contribution is 5.76. The highest BCUT2D eigenvalue weighted by Crippen LogP contribution is 2.06. The van der Waals surface area contributed by atoms with E-state index in [1.807, 2.05) is 6.08 Å². The summed E-state index contributed by atoms with van der Waals surface area (Å²) in [6.07, 6.45) is 19.8. The van der Waals surface area contributed by atoms with Gasteiger partial charge in [-0.05, 0) is 32.1 Å². The molecule has 0 fully saturated rings. The molecule has 0 spiro atoms. The van der Waals surface area contributed by atoms with Crippen LogP contribution in [-0.4, -0.2) is 34.9 Å². The van der Waals surface area contributed by atoms with Gasteiger partial charge in [0, 0.05) is 6.42 Å². The van der Waals surface area contributed by atoms with E-state index in [0.29, 0.717) is 6.42 Å². The van der Waals surface area contributed by atoms with Crippen LogP contribution in [0.4, 0.5) is 0 Å². The second-order valence-electron chi connectivity index (χ2n) is 6.98. The number of hydrogen-bond acceptors (Lipinski definition) is 3. The lowest BCUT2D eigenvalue weighted by atomic mass is 10.1. The Labute approximate surface area is 160 Å². The van der Waals surface area contributed by atoms with Crippen LogP contribution < -0.4 is 5.32 Å². The van der Waals surface area contributed by atoms with E-state index in [1.54, 1.807) is 6.08 Å². The van der Waals surface area contributed by atoms with Gasteiger partial charge in [-0.25, -0.2) is 0 Å². The van der Waals surface area contributed by atoms with Crippen molar-refractivity contribution in [1.29, 1.82) is 0 Å². The number of amides is 1. The quantitative estimate of drug-likeness (QED) is 0.259. The number of carbonyl (C=O) groups is 1. The van der Waals surface area contributed by atoms with E-state index >= 15 is 0 Å². The molecule has 3 N–H and O–H groups in total. The van der Waals surface area contributed by atoms with Crippen LogP contribution >= 0.6 is 0 Å². The zero-order valence-corrected chi connectivity index (χ0v) is 17.0. The van der Waals surface area contributed by atoms with Gasteiger partial charge in [0.15, 0.2) is 0 Å². The van der Waals surface area contributed by atoms with Crippen molar-refractivity contribution in [3.05, 3.63) is 24.3 Å². The van der Waals surface area contributed by atoms with Gasteiger partial charge in [0.25, 0.3) is 0 Å². The first kappa shape index (κ1) is 24.9. The molecule has 1 amide bonds. The normalized spacial score (nSPS) is 14.2. The molecule has 0 rings (SSSR count). The van der Waals surface area contributed by atoms with Gasteiger partial charge in [0.2, 0.25) is 5.91 Å². The Hall–Kier alpha value is -1.13. The van der Waals surface area contributed by atoms with Gasteiger partial charge in [-0.15, -0.1) is 0 Å². The second kappa shape index (κ2) is 18.7. The van der Waals surface area contributed by atoms with Crippen molar-refractivity contribution >= 4 is 5.91 Å². The first-order valence-corrected chi connectivity index (χ1v) is 10.6. The van der Waals surface area contributed by atoms with Gasteiger partial charge < -0.3 is 15.5 Å². The maximum absolute atomic E-state index is 11.9. The molecular formula is C22H41NO3. The van der Waals surface area contributed by atoms with E-state index in [1.165, 1.54) is 32.1 Å². The summed E-state index contributed by atoms with van der Waals surface area (Å²) >= 11 is 0. The highest BCUT2D eigenvalue weighted by Gasteiger charge is 2.17. The molecule has 0 aliphatic carbocycles. The predicted octanol–water partition coefficient (Wildman–Crippen LogP) is 4.66. The lowest BCUT2D eigenvalue weighted by molar-refractivity contribution is -0.123. The van der Waals surface area contributed by atoms with Crippen molar-refractivity contribution in [3.8, 4) is 0 Å². The number of carbonyl (C=O) groups excluding carboxylic acids is 1. The molecule has 0 saturated heterocycles. The highest BCUT2D eigenvalue weighted by atomic mass is 16.3. The molecule has 0 aliphatic rings. The largest absolute Gasteiger partial charge is 0.394 e. The molecule has 0 aliphatic heterocycles. The van der Waals surface area contributed by atoms with Crippen LogP contribution in [-0.2, 0) is 4.79 Å².